The number of hydrogen-bond donors (Lipinski definition) is 2. The first-order valence-corrected chi connectivity index (χ1v) is 10.7. The second kappa shape index (κ2) is 9.16. The van der Waals surface area contributed by atoms with E-state index in [9.17, 15) is 4.79 Å². The summed E-state index contributed by atoms with van der Waals surface area (Å²) in [6.45, 7) is 7.82. The lowest BCUT2D eigenvalue weighted by Crippen LogP contribution is -2.19. The second-order valence-corrected chi connectivity index (χ2v) is 7.94. The number of anilines is 4. The molecule has 8 nitrogen and oxygen atoms in total. The molecule has 162 valence electrons. The van der Waals surface area contributed by atoms with Crippen molar-refractivity contribution in [3.05, 3.63) is 53.0 Å². The van der Waals surface area contributed by atoms with Crippen LogP contribution in [-0.2, 0) is 11.2 Å². The molecular weight excluding hydrogens is 392 g/mol. The number of rotatable bonds is 7. The molecule has 1 fully saturated rings. The molecule has 1 aromatic carbocycles. The quantitative estimate of drug-likeness (QED) is 0.588. The van der Waals surface area contributed by atoms with E-state index < -0.39 is 0 Å². The molecule has 31 heavy (non-hydrogen) atoms. The van der Waals surface area contributed by atoms with Gasteiger partial charge in [-0.05, 0) is 64.3 Å². The van der Waals surface area contributed by atoms with Crippen molar-refractivity contribution >= 4 is 29.0 Å². The average molecular weight is 421 g/mol. The maximum atomic E-state index is 12.3. The van der Waals surface area contributed by atoms with Crippen LogP contribution in [-0.4, -0.2) is 34.1 Å². The van der Waals surface area contributed by atoms with Gasteiger partial charge in [0, 0.05) is 48.2 Å². The van der Waals surface area contributed by atoms with Gasteiger partial charge in [-0.15, -0.1) is 0 Å². The van der Waals surface area contributed by atoms with E-state index in [-0.39, 0.29) is 5.91 Å². The van der Waals surface area contributed by atoms with Crippen LogP contribution in [0.15, 0.2) is 34.9 Å². The van der Waals surface area contributed by atoms with Crippen LogP contribution in [0.5, 0.6) is 0 Å². The van der Waals surface area contributed by atoms with Crippen molar-refractivity contribution in [3.8, 4) is 0 Å². The minimum atomic E-state index is -0.0435. The van der Waals surface area contributed by atoms with Crippen molar-refractivity contribution in [1.82, 2.24) is 15.1 Å². The highest BCUT2D eigenvalue weighted by atomic mass is 16.5. The zero-order valence-corrected chi connectivity index (χ0v) is 18.2. The van der Waals surface area contributed by atoms with Crippen molar-refractivity contribution in [2.24, 2.45) is 0 Å². The van der Waals surface area contributed by atoms with E-state index in [0.29, 0.717) is 18.8 Å². The fourth-order valence-corrected chi connectivity index (χ4v) is 3.80. The molecule has 8 heteroatoms. The molecule has 3 aromatic rings. The van der Waals surface area contributed by atoms with Crippen molar-refractivity contribution in [1.29, 1.82) is 0 Å². The van der Waals surface area contributed by atoms with Crippen LogP contribution in [0.3, 0.4) is 0 Å². The Kier molecular flexibility index (Phi) is 6.16. The highest BCUT2D eigenvalue weighted by molar-refractivity contribution is 5.91. The zero-order chi connectivity index (χ0) is 21.8. The van der Waals surface area contributed by atoms with Crippen LogP contribution in [0.25, 0.3) is 0 Å². The average Bonchev–Trinajstić information content (AvgIpc) is 3.38. The van der Waals surface area contributed by atoms with Crippen LogP contribution in [0, 0.1) is 20.8 Å². The number of benzene rings is 1. The zero-order valence-electron chi connectivity index (χ0n) is 18.2. The summed E-state index contributed by atoms with van der Waals surface area (Å²) in [6.07, 6.45) is 3.39. The maximum Gasteiger partial charge on any atom is 0.229 e. The van der Waals surface area contributed by atoms with Crippen molar-refractivity contribution < 1.29 is 9.32 Å². The van der Waals surface area contributed by atoms with Gasteiger partial charge in [0.1, 0.15) is 11.6 Å². The molecule has 0 radical (unpaired) electrons. The number of carbonyl (C=O) groups excluding carboxylic acids is 1. The molecule has 0 aliphatic carbocycles. The Hall–Kier alpha value is -3.42. The first kappa shape index (κ1) is 20.8. The summed E-state index contributed by atoms with van der Waals surface area (Å²) < 4.78 is 5.15. The Morgan fingerprint density at radius 2 is 1.77 bits per heavy atom. The van der Waals surface area contributed by atoms with Crippen LogP contribution in [0.4, 0.5) is 23.1 Å². The molecule has 0 spiro atoms. The molecule has 0 bridgehead atoms. The van der Waals surface area contributed by atoms with Gasteiger partial charge in [-0.25, -0.2) is 4.98 Å². The number of nitrogens with one attached hydrogen (secondary N) is 2. The maximum absolute atomic E-state index is 12.3. The third kappa shape index (κ3) is 5.20. The number of amides is 1. The van der Waals surface area contributed by atoms with E-state index in [0.717, 1.165) is 53.0 Å². The van der Waals surface area contributed by atoms with E-state index in [4.69, 9.17) is 4.52 Å². The summed E-state index contributed by atoms with van der Waals surface area (Å²) in [5.41, 5.74) is 4.39. The number of aryl methyl sites for hydroxylation is 3. The van der Waals surface area contributed by atoms with E-state index in [1.807, 2.05) is 51.1 Å². The third-order valence-corrected chi connectivity index (χ3v) is 5.48. The SMILES string of the molecule is Cc1cc(N2CCCC2)nc(Nc2ccc(NC(=O)CCc3c(C)noc3C)cc2)n1. The Morgan fingerprint density at radius 1 is 1.06 bits per heavy atom. The predicted molar refractivity (Wildman–Crippen MR) is 121 cm³/mol. The van der Waals surface area contributed by atoms with E-state index >= 15 is 0 Å². The van der Waals surface area contributed by atoms with Crippen LogP contribution in [0.2, 0.25) is 0 Å². The van der Waals surface area contributed by atoms with Gasteiger partial charge in [0.05, 0.1) is 5.69 Å². The Labute approximate surface area is 182 Å². The van der Waals surface area contributed by atoms with Crippen LogP contribution < -0.4 is 15.5 Å². The fourth-order valence-electron chi connectivity index (χ4n) is 3.80. The number of nitrogens with zero attached hydrogens (tertiary/aromatic N) is 4. The first-order chi connectivity index (χ1) is 15.0. The molecule has 1 aliphatic rings. The number of aromatic nitrogens is 3. The molecule has 2 aromatic heterocycles. The molecule has 1 aliphatic heterocycles. The van der Waals surface area contributed by atoms with Crippen LogP contribution in [0.1, 0.15) is 42.0 Å². The first-order valence-electron chi connectivity index (χ1n) is 10.7. The molecule has 2 N–H and O–H groups in total. The van der Waals surface area contributed by atoms with Crippen molar-refractivity contribution in [2.75, 3.05) is 28.6 Å². The van der Waals surface area contributed by atoms with E-state index in [2.05, 4.69) is 30.7 Å². The van der Waals surface area contributed by atoms with Gasteiger partial charge in [0.25, 0.3) is 0 Å². The van der Waals surface area contributed by atoms with Gasteiger partial charge in [-0.2, -0.15) is 4.98 Å². The van der Waals surface area contributed by atoms with Gasteiger partial charge in [-0.1, -0.05) is 5.16 Å². The smallest absolute Gasteiger partial charge is 0.229 e. The Morgan fingerprint density at radius 3 is 2.45 bits per heavy atom. The summed E-state index contributed by atoms with van der Waals surface area (Å²) in [5.74, 6) is 2.28. The molecule has 0 unspecified atom stereocenters. The lowest BCUT2D eigenvalue weighted by Gasteiger charge is -2.17. The standard InChI is InChI=1S/C23H28N6O2/c1-15-14-21(29-12-4-5-13-29)27-23(24-15)26-19-8-6-18(7-9-19)25-22(30)11-10-20-16(2)28-31-17(20)3/h6-9,14H,4-5,10-13H2,1-3H3,(H,25,30)(H,24,26,27). The van der Waals surface area contributed by atoms with Gasteiger partial charge in [-0.3, -0.25) is 4.79 Å². The fraction of sp³-hybridized carbons (Fsp3) is 0.391. The number of carbonyl (C=O) groups is 1. The predicted octanol–water partition coefficient (Wildman–Crippen LogP) is 4.30. The monoisotopic (exact) mass is 420 g/mol. The van der Waals surface area contributed by atoms with Gasteiger partial charge in [0.15, 0.2) is 0 Å². The summed E-state index contributed by atoms with van der Waals surface area (Å²) in [6, 6.07) is 9.58. The largest absolute Gasteiger partial charge is 0.361 e. The van der Waals surface area contributed by atoms with Crippen LogP contribution >= 0.6 is 0 Å². The number of hydrogen-bond acceptors (Lipinski definition) is 7. The highest BCUT2D eigenvalue weighted by Crippen LogP contribution is 2.23. The highest BCUT2D eigenvalue weighted by Gasteiger charge is 2.15. The van der Waals surface area contributed by atoms with Gasteiger partial charge >= 0.3 is 0 Å². The molecule has 1 amide bonds. The topological polar surface area (TPSA) is 96.2 Å². The normalized spacial score (nSPS) is 13.5. The lowest BCUT2D eigenvalue weighted by atomic mass is 10.1. The van der Waals surface area contributed by atoms with Crippen molar-refractivity contribution in [3.63, 3.8) is 0 Å². The third-order valence-electron chi connectivity index (χ3n) is 5.48. The molecular formula is C23H28N6O2. The van der Waals surface area contributed by atoms with E-state index in [1.54, 1.807) is 0 Å². The molecule has 4 rings (SSSR count). The minimum absolute atomic E-state index is 0.0435. The summed E-state index contributed by atoms with van der Waals surface area (Å²) in [5, 5.41) is 10.1. The van der Waals surface area contributed by atoms with Gasteiger partial charge < -0.3 is 20.1 Å². The van der Waals surface area contributed by atoms with Crippen molar-refractivity contribution in [2.45, 2.75) is 46.5 Å². The molecule has 0 saturated carbocycles. The second-order valence-electron chi connectivity index (χ2n) is 7.94. The molecule has 0 atom stereocenters. The molecule has 3 heterocycles. The Balaban J connectivity index is 1.34. The molecule has 1 saturated heterocycles. The summed E-state index contributed by atoms with van der Waals surface area (Å²) in [4.78, 5) is 23.8. The summed E-state index contributed by atoms with van der Waals surface area (Å²) in [7, 11) is 0. The van der Waals surface area contributed by atoms with E-state index in [1.165, 1.54) is 12.8 Å². The Bertz CT molecular complexity index is 1030. The minimum Gasteiger partial charge on any atom is -0.361 e. The summed E-state index contributed by atoms with van der Waals surface area (Å²) >= 11 is 0. The van der Waals surface area contributed by atoms with Gasteiger partial charge in [0.2, 0.25) is 11.9 Å². The lowest BCUT2D eigenvalue weighted by molar-refractivity contribution is -0.116.